The van der Waals surface area contributed by atoms with Gasteiger partial charge >= 0.3 is 17.9 Å². The van der Waals surface area contributed by atoms with Crippen LogP contribution in [0.15, 0.2) is 0 Å². The lowest BCUT2D eigenvalue weighted by Crippen LogP contribution is -2.25. The number of ether oxygens (including phenoxy) is 5. The number of esters is 3. The lowest BCUT2D eigenvalue weighted by atomic mass is 10.1. The van der Waals surface area contributed by atoms with Crippen LogP contribution in [0.5, 0.6) is 0 Å². The number of rotatable bonds is 30. The van der Waals surface area contributed by atoms with E-state index < -0.39 is 18.2 Å². The van der Waals surface area contributed by atoms with Crippen molar-refractivity contribution in [3.63, 3.8) is 0 Å². The van der Waals surface area contributed by atoms with Gasteiger partial charge in [-0.25, -0.2) is 0 Å². The molecule has 1 N–H and O–H groups in total. The van der Waals surface area contributed by atoms with Crippen LogP contribution in [0.25, 0.3) is 0 Å². The highest BCUT2D eigenvalue weighted by molar-refractivity contribution is 5.70. The SMILES string of the molecule is CCCCCCCCOC(CCC(=O)OCC(CO)COC(=O)CCCCCC(=O)OC)OCCCCCCCC. The average Bonchev–Trinajstić information content (AvgIpc) is 2.98. The third-order valence-corrected chi connectivity index (χ3v) is 6.90. The van der Waals surface area contributed by atoms with Crippen LogP contribution in [0.3, 0.4) is 0 Å². The van der Waals surface area contributed by atoms with Gasteiger partial charge < -0.3 is 28.8 Å². The molecule has 0 heterocycles. The fourth-order valence-corrected chi connectivity index (χ4v) is 4.18. The third-order valence-electron chi connectivity index (χ3n) is 6.90. The molecule has 1 atom stereocenters. The molecule has 0 rings (SSSR count). The standard InChI is InChI=1S/C32H60O9/c1-4-6-8-10-12-17-23-38-32(39-24-18-13-11-9-7-5-2)22-21-31(36)41-27-28(25-33)26-40-30(35)20-16-14-15-19-29(34)37-3/h28,32-33H,4-27H2,1-3H3. The largest absolute Gasteiger partial charge is 0.469 e. The lowest BCUT2D eigenvalue weighted by molar-refractivity contribution is -0.161. The monoisotopic (exact) mass is 588 g/mol. The number of methoxy groups -OCH3 is 1. The van der Waals surface area contributed by atoms with E-state index in [2.05, 4.69) is 18.6 Å². The number of hydrogen-bond acceptors (Lipinski definition) is 9. The zero-order valence-electron chi connectivity index (χ0n) is 26.3. The maximum atomic E-state index is 12.4. The van der Waals surface area contributed by atoms with Gasteiger partial charge in [-0.15, -0.1) is 0 Å². The van der Waals surface area contributed by atoms with Crippen LogP contribution in [0.2, 0.25) is 0 Å². The van der Waals surface area contributed by atoms with Crippen molar-refractivity contribution >= 4 is 17.9 Å². The molecule has 9 nitrogen and oxygen atoms in total. The number of hydrogen-bond donors (Lipinski definition) is 1. The summed E-state index contributed by atoms with van der Waals surface area (Å²) in [4.78, 5) is 35.4. The molecule has 0 fully saturated rings. The Morgan fingerprint density at radius 2 is 1.02 bits per heavy atom. The van der Waals surface area contributed by atoms with E-state index in [0.717, 1.165) is 32.1 Å². The molecule has 0 saturated heterocycles. The maximum Gasteiger partial charge on any atom is 0.305 e. The zero-order chi connectivity index (χ0) is 30.4. The molecule has 9 heteroatoms. The lowest BCUT2D eigenvalue weighted by Gasteiger charge is -2.19. The minimum absolute atomic E-state index is 0.0177. The molecule has 0 bridgehead atoms. The maximum absolute atomic E-state index is 12.4. The Balaban J connectivity index is 4.27. The predicted molar refractivity (Wildman–Crippen MR) is 159 cm³/mol. The predicted octanol–water partition coefficient (Wildman–Crippen LogP) is 6.67. The van der Waals surface area contributed by atoms with E-state index in [0.29, 0.717) is 38.9 Å². The molecule has 0 aliphatic heterocycles. The first kappa shape index (κ1) is 39.3. The van der Waals surface area contributed by atoms with Crippen LogP contribution in [0, 0.1) is 5.92 Å². The molecule has 242 valence electrons. The number of aliphatic hydroxyl groups excluding tert-OH is 1. The van der Waals surface area contributed by atoms with Gasteiger partial charge in [0, 0.05) is 32.5 Å². The Morgan fingerprint density at radius 1 is 0.585 bits per heavy atom. The molecule has 0 radical (unpaired) electrons. The highest BCUT2D eigenvalue weighted by Crippen LogP contribution is 2.12. The Labute approximate surface area is 249 Å². The number of carbonyl (C=O) groups excluding carboxylic acids is 3. The highest BCUT2D eigenvalue weighted by atomic mass is 16.7. The topological polar surface area (TPSA) is 118 Å². The number of carbonyl (C=O) groups is 3. The molecular formula is C32H60O9. The molecule has 1 unspecified atom stereocenters. The fourth-order valence-electron chi connectivity index (χ4n) is 4.18. The van der Waals surface area contributed by atoms with E-state index in [-0.39, 0.29) is 44.6 Å². The van der Waals surface area contributed by atoms with Gasteiger partial charge in [0.1, 0.15) is 0 Å². The summed E-state index contributed by atoms with van der Waals surface area (Å²) in [6.07, 6.45) is 16.9. The van der Waals surface area contributed by atoms with E-state index >= 15 is 0 Å². The van der Waals surface area contributed by atoms with Crippen molar-refractivity contribution in [2.75, 3.05) is 40.1 Å². The number of unbranched alkanes of at least 4 members (excludes halogenated alkanes) is 12. The Morgan fingerprint density at radius 3 is 1.51 bits per heavy atom. The van der Waals surface area contributed by atoms with Crippen molar-refractivity contribution in [3.8, 4) is 0 Å². The molecule has 0 aromatic carbocycles. The zero-order valence-corrected chi connectivity index (χ0v) is 26.3. The van der Waals surface area contributed by atoms with Gasteiger partial charge in [-0.05, 0) is 25.7 Å². The second-order valence-corrected chi connectivity index (χ2v) is 10.8. The van der Waals surface area contributed by atoms with Gasteiger partial charge in [-0.3, -0.25) is 14.4 Å². The second-order valence-electron chi connectivity index (χ2n) is 10.8. The van der Waals surface area contributed by atoms with Crippen molar-refractivity contribution in [3.05, 3.63) is 0 Å². The second kappa shape index (κ2) is 29.8. The third kappa shape index (κ3) is 26.9. The molecule has 0 aliphatic carbocycles. The molecular weight excluding hydrogens is 528 g/mol. The van der Waals surface area contributed by atoms with Crippen molar-refractivity contribution < 1.29 is 43.2 Å². The summed E-state index contributed by atoms with van der Waals surface area (Å²) in [5.41, 5.74) is 0. The van der Waals surface area contributed by atoms with Crippen LogP contribution in [0.1, 0.15) is 136 Å². The molecule has 0 amide bonds. The molecule has 0 saturated carbocycles. The van der Waals surface area contributed by atoms with Gasteiger partial charge in [-0.1, -0.05) is 84.5 Å². The van der Waals surface area contributed by atoms with Crippen LogP contribution in [-0.2, 0) is 38.1 Å². The van der Waals surface area contributed by atoms with Gasteiger partial charge in [-0.2, -0.15) is 0 Å². The molecule has 41 heavy (non-hydrogen) atoms. The number of aliphatic hydroxyl groups is 1. The van der Waals surface area contributed by atoms with Gasteiger partial charge in [0.25, 0.3) is 0 Å². The van der Waals surface area contributed by atoms with E-state index in [1.165, 1.54) is 58.5 Å². The fraction of sp³-hybridized carbons (Fsp3) is 0.906. The van der Waals surface area contributed by atoms with Crippen molar-refractivity contribution in [2.24, 2.45) is 5.92 Å². The van der Waals surface area contributed by atoms with E-state index in [4.69, 9.17) is 18.9 Å². The van der Waals surface area contributed by atoms with Crippen LogP contribution in [0.4, 0.5) is 0 Å². The first-order valence-corrected chi connectivity index (χ1v) is 16.2. The molecule has 0 aromatic heterocycles. The minimum atomic E-state index is -0.481. The first-order valence-electron chi connectivity index (χ1n) is 16.2. The smallest absolute Gasteiger partial charge is 0.305 e. The summed E-state index contributed by atoms with van der Waals surface area (Å²) in [7, 11) is 1.35. The first-order chi connectivity index (χ1) is 20.0. The summed E-state index contributed by atoms with van der Waals surface area (Å²) in [5, 5.41) is 9.60. The summed E-state index contributed by atoms with van der Waals surface area (Å²) < 4.78 is 27.1. The minimum Gasteiger partial charge on any atom is -0.469 e. The summed E-state index contributed by atoms with van der Waals surface area (Å²) in [6.45, 7) is 5.35. The normalized spacial score (nSPS) is 11.9. The van der Waals surface area contributed by atoms with Crippen molar-refractivity contribution in [2.45, 2.75) is 142 Å². The van der Waals surface area contributed by atoms with Gasteiger partial charge in [0.15, 0.2) is 6.29 Å². The van der Waals surface area contributed by atoms with Crippen molar-refractivity contribution in [1.82, 2.24) is 0 Å². The van der Waals surface area contributed by atoms with Gasteiger partial charge in [0.2, 0.25) is 0 Å². The summed E-state index contributed by atoms with van der Waals surface area (Å²) in [5.74, 6) is -1.51. The molecule has 0 aliphatic rings. The molecule has 0 spiro atoms. The summed E-state index contributed by atoms with van der Waals surface area (Å²) in [6, 6.07) is 0. The van der Waals surface area contributed by atoms with Crippen LogP contribution >= 0.6 is 0 Å². The van der Waals surface area contributed by atoms with Crippen molar-refractivity contribution in [1.29, 1.82) is 0 Å². The summed E-state index contributed by atoms with van der Waals surface area (Å²) >= 11 is 0. The van der Waals surface area contributed by atoms with Crippen LogP contribution in [-0.4, -0.2) is 69.4 Å². The van der Waals surface area contributed by atoms with Crippen LogP contribution < -0.4 is 0 Å². The van der Waals surface area contributed by atoms with Gasteiger partial charge in [0.05, 0.1) is 39.3 Å². The van der Waals surface area contributed by atoms with E-state index in [1.807, 2.05) is 0 Å². The average molecular weight is 589 g/mol. The highest BCUT2D eigenvalue weighted by Gasteiger charge is 2.17. The van der Waals surface area contributed by atoms with E-state index in [9.17, 15) is 19.5 Å². The quantitative estimate of drug-likeness (QED) is 0.0425. The Kier molecular flexibility index (Phi) is 28.5. The van der Waals surface area contributed by atoms with E-state index in [1.54, 1.807) is 0 Å². The molecule has 0 aromatic rings. The Bertz CT molecular complexity index is 608. The Hall–Kier alpha value is -1.71.